The maximum Gasteiger partial charge on any atom is 0.275 e. The molecule has 104 valence electrons. The van der Waals surface area contributed by atoms with Gasteiger partial charge in [0, 0.05) is 17.1 Å². The van der Waals surface area contributed by atoms with Crippen LogP contribution in [0.2, 0.25) is 0 Å². The number of hydrogen-bond donors (Lipinski definition) is 2. The number of benzene rings is 1. The number of hydrogen-bond acceptors (Lipinski definition) is 3. The fourth-order valence-corrected chi connectivity index (χ4v) is 2.36. The minimum absolute atomic E-state index is 0.101. The zero-order chi connectivity index (χ0) is 15.0. The second kappa shape index (κ2) is 4.86. The first-order valence-electron chi connectivity index (χ1n) is 6.46. The van der Waals surface area contributed by atoms with E-state index in [1.165, 1.54) is 0 Å². The summed E-state index contributed by atoms with van der Waals surface area (Å²) in [4.78, 5) is 30.3. The van der Waals surface area contributed by atoms with Crippen LogP contribution in [0.25, 0.3) is 22.0 Å². The van der Waals surface area contributed by atoms with Gasteiger partial charge in [-0.1, -0.05) is 35.9 Å². The van der Waals surface area contributed by atoms with Gasteiger partial charge < -0.3 is 10.7 Å². The summed E-state index contributed by atoms with van der Waals surface area (Å²) in [6, 6.07) is 11.1. The molecule has 0 bridgehead atoms. The predicted molar refractivity (Wildman–Crippen MR) is 81.1 cm³/mol. The van der Waals surface area contributed by atoms with Crippen LogP contribution in [-0.2, 0) is 0 Å². The number of H-pyrrole nitrogens is 1. The number of nitrogens with one attached hydrogen (secondary N) is 1. The monoisotopic (exact) mass is 279 g/mol. The predicted octanol–water partition coefficient (Wildman–Crippen LogP) is 2.00. The lowest BCUT2D eigenvalue weighted by molar-refractivity contribution is 0.0996. The number of aromatic amines is 1. The van der Waals surface area contributed by atoms with Crippen LogP contribution in [0, 0.1) is 6.92 Å². The molecule has 5 heteroatoms. The molecule has 0 unspecified atom stereocenters. The number of aryl methyl sites for hydroxylation is 1. The number of nitrogens with two attached hydrogens (primary N) is 1. The first-order chi connectivity index (χ1) is 10.1. The molecule has 3 N–H and O–H groups in total. The summed E-state index contributed by atoms with van der Waals surface area (Å²) < 4.78 is 0. The molecule has 0 spiro atoms. The highest BCUT2D eigenvalue weighted by atomic mass is 16.1. The molecule has 1 amide bonds. The number of fused-ring (bicyclic) bond motifs is 1. The van der Waals surface area contributed by atoms with Gasteiger partial charge in [0.2, 0.25) is 0 Å². The quantitative estimate of drug-likeness (QED) is 0.751. The molecule has 0 atom stereocenters. The maximum atomic E-state index is 12.0. The third kappa shape index (κ3) is 2.18. The lowest BCUT2D eigenvalue weighted by Gasteiger charge is -2.10. The van der Waals surface area contributed by atoms with Gasteiger partial charge in [0.05, 0.1) is 0 Å². The van der Waals surface area contributed by atoms with E-state index >= 15 is 0 Å². The Hall–Kier alpha value is -2.95. The van der Waals surface area contributed by atoms with E-state index in [1.54, 1.807) is 18.3 Å². The second-order valence-electron chi connectivity index (χ2n) is 4.83. The summed E-state index contributed by atoms with van der Waals surface area (Å²) in [6.45, 7) is 1.98. The van der Waals surface area contributed by atoms with Crippen molar-refractivity contribution in [2.75, 3.05) is 0 Å². The Balaban J connectivity index is 2.46. The first kappa shape index (κ1) is 13.1. The summed E-state index contributed by atoms with van der Waals surface area (Å²) in [6.07, 6.45) is 1.54. The Morgan fingerprint density at radius 2 is 1.90 bits per heavy atom. The standard InChI is InChI=1S/C16H13N3O2/c1-9-4-6-10(7-5-9)12-11-3-2-8-18-13(11)16(21)19-14(12)15(17)20/h2-8H,1H3,(H2,17,20)(H,19,21). The Kier molecular flexibility index (Phi) is 3.02. The molecule has 1 aromatic carbocycles. The number of pyridine rings is 2. The Morgan fingerprint density at radius 3 is 2.57 bits per heavy atom. The van der Waals surface area contributed by atoms with Crippen molar-refractivity contribution >= 4 is 16.8 Å². The third-order valence-electron chi connectivity index (χ3n) is 3.37. The Morgan fingerprint density at radius 1 is 1.19 bits per heavy atom. The molecule has 0 saturated heterocycles. The van der Waals surface area contributed by atoms with Crippen LogP contribution in [0.3, 0.4) is 0 Å². The third-order valence-corrected chi connectivity index (χ3v) is 3.37. The van der Waals surface area contributed by atoms with E-state index in [0.29, 0.717) is 10.9 Å². The van der Waals surface area contributed by atoms with Gasteiger partial charge in [-0.25, -0.2) is 0 Å². The smallest absolute Gasteiger partial charge is 0.275 e. The molecule has 0 radical (unpaired) electrons. The van der Waals surface area contributed by atoms with Crippen LogP contribution in [0.1, 0.15) is 16.1 Å². The fourth-order valence-electron chi connectivity index (χ4n) is 2.36. The van der Waals surface area contributed by atoms with Crippen molar-refractivity contribution in [3.05, 3.63) is 64.2 Å². The molecule has 0 fully saturated rings. The highest BCUT2D eigenvalue weighted by Crippen LogP contribution is 2.28. The van der Waals surface area contributed by atoms with E-state index < -0.39 is 11.5 Å². The van der Waals surface area contributed by atoms with Crippen molar-refractivity contribution in [2.24, 2.45) is 5.73 Å². The molecule has 0 aliphatic rings. The van der Waals surface area contributed by atoms with Crippen molar-refractivity contribution in [3.63, 3.8) is 0 Å². The van der Waals surface area contributed by atoms with Crippen LogP contribution in [0.15, 0.2) is 47.4 Å². The SMILES string of the molecule is Cc1ccc(-c2c(C(N)=O)[nH]c(=O)c3ncccc23)cc1. The second-order valence-corrected chi connectivity index (χ2v) is 4.83. The van der Waals surface area contributed by atoms with Gasteiger partial charge in [-0.2, -0.15) is 0 Å². The molecule has 2 heterocycles. The number of carbonyl (C=O) groups is 1. The average molecular weight is 279 g/mol. The summed E-state index contributed by atoms with van der Waals surface area (Å²) in [5.41, 5.74) is 7.90. The molecular weight excluding hydrogens is 266 g/mol. The summed E-state index contributed by atoms with van der Waals surface area (Å²) >= 11 is 0. The van der Waals surface area contributed by atoms with Crippen molar-refractivity contribution in [3.8, 4) is 11.1 Å². The number of rotatable bonds is 2. The van der Waals surface area contributed by atoms with Crippen LogP contribution in [0.4, 0.5) is 0 Å². The minimum Gasteiger partial charge on any atom is -0.364 e. The van der Waals surface area contributed by atoms with Gasteiger partial charge in [-0.15, -0.1) is 0 Å². The van der Waals surface area contributed by atoms with Crippen LogP contribution in [-0.4, -0.2) is 15.9 Å². The maximum absolute atomic E-state index is 12.0. The Bertz CT molecular complexity index is 896. The topological polar surface area (TPSA) is 88.8 Å². The van der Waals surface area contributed by atoms with Crippen LogP contribution in [0.5, 0.6) is 0 Å². The molecule has 21 heavy (non-hydrogen) atoms. The molecule has 0 aliphatic heterocycles. The van der Waals surface area contributed by atoms with Crippen LogP contribution < -0.4 is 11.3 Å². The van der Waals surface area contributed by atoms with Gasteiger partial charge in [-0.3, -0.25) is 14.6 Å². The summed E-state index contributed by atoms with van der Waals surface area (Å²) in [5, 5.41) is 0.610. The van der Waals surface area contributed by atoms with Gasteiger partial charge in [-0.05, 0) is 18.6 Å². The fraction of sp³-hybridized carbons (Fsp3) is 0.0625. The molecule has 3 aromatic rings. The highest BCUT2D eigenvalue weighted by Gasteiger charge is 2.17. The minimum atomic E-state index is -0.673. The summed E-state index contributed by atoms with van der Waals surface area (Å²) in [7, 11) is 0. The number of aromatic nitrogens is 2. The van der Waals surface area contributed by atoms with Gasteiger partial charge in [0.25, 0.3) is 11.5 Å². The molecular formula is C16H13N3O2. The van der Waals surface area contributed by atoms with Gasteiger partial charge >= 0.3 is 0 Å². The van der Waals surface area contributed by atoms with E-state index in [0.717, 1.165) is 11.1 Å². The average Bonchev–Trinajstić information content (AvgIpc) is 2.48. The Labute approximate surface area is 120 Å². The van der Waals surface area contributed by atoms with E-state index in [9.17, 15) is 9.59 Å². The number of carbonyl (C=O) groups excluding carboxylic acids is 1. The lowest BCUT2D eigenvalue weighted by atomic mass is 9.98. The van der Waals surface area contributed by atoms with E-state index in [-0.39, 0.29) is 11.2 Å². The normalized spacial score (nSPS) is 10.7. The van der Waals surface area contributed by atoms with Crippen molar-refractivity contribution in [2.45, 2.75) is 6.92 Å². The largest absolute Gasteiger partial charge is 0.364 e. The molecule has 0 aliphatic carbocycles. The van der Waals surface area contributed by atoms with Crippen molar-refractivity contribution in [1.82, 2.24) is 9.97 Å². The van der Waals surface area contributed by atoms with Crippen molar-refractivity contribution < 1.29 is 4.79 Å². The lowest BCUT2D eigenvalue weighted by Crippen LogP contribution is -2.21. The number of primary amides is 1. The summed E-state index contributed by atoms with van der Waals surface area (Å²) in [5.74, 6) is -0.673. The first-order valence-corrected chi connectivity index (χ1v) is 6.46. The van der Waals surface area contributed by atoms with Crippen LogP contribution >= 0.6 is 0 Å². The zero-order valence-electron chi connectivity index (χ0n) is 11.4. The van der Waals surface area contributed by atoms with Crippen molar-refractivity contribution in [1.29, 1.82) is 0 Å². The highest BCUT2D eigenvalue weighted by molar-refractivity contribution is 6.06. The zero-order valence-corrected chi connectivity index (χ0v) is 11.4. The molecule has 5 nitrogen and oxygen atoms in total. The number of amides is 1. The molecule has 0 saturated carbocycles. The molecule has 3 rings (SSSR count). The van der Waals surface area contributed by atoms with Gasteiger partial charge in [0.15, 0.2) is 0 Å². The van der Waals surface area contributed by atoms with E-state index in [2.05, 4.69) is 9.97 Å². The van der Waals surface area contributed by atoms with Gasteiger partial charge in [0.1, 0.15) is 11.2 Å². The van der Waals surface area contributed by atoms with E-state index in [1.807, 2.05) is 31.2 Å². The molecule has 2 aromatic heterocycles. The number of nitrogens with zero attached hydrogens (tertiary/aromatic N) is 1. The van der Waals surface area contributed by atoms with E-state index in [4.69, 9.17) is 5.73 Å².